The summed E-state index contributed by atoms with van der Waals surface area (Å²) in [6.07, 6.45) is 3.45. The number of carbonyl (C=O) groups is 1. The van der Waals surface area contributed by atoms with Crippen molar-refractivity contribution in [3.63, 3.8) is 0 Å². The zero-order valence-electron chi connectivity index (χ0n) is 8.54. The highest BCUT2D eigenvalue weighted by atomic mass is 32.2. The summed E-state index contributed by atoms with van der Waals surface area (Å²) in [4.78, 5) is 25.8. The normalized spacial score (nSPS) is 12.8. The number of carboxylic acid groups (broad SMARTS) is 1. The van der Waals surface area contributed by atoms with E-state index in [1.54, 1.807) is 0 Å². The maximum atomic E-state index is 10.9. The molecule has 0 saturated heterocycles. The molecule has 2 N–H and O–H groups in total. The molecule has 16 heavy (non-hydrogen) atoms. The monoisotopic (exact) mass is 238 g/mol. The number of nitrogens with zero attached hydrogens (tertiary/aromatic N) is 3. The number of hydrogen-bond donors (Lipinski definition) is 2. The number of H-pyrrole nitrogens is 1. The zero-order valence-corrected chi connectivity index (χ0v) is 9.36. The van der Waals surface area contributed by atoms with Crippen molar-refractivity contribution >= 4 is 28.9 Å². The summed E-state index contributed by atoms with van der Waals surface area (Å²) in [7, 11) is 0. The summed E-state index contributed by atoms with van der Waals surface area (Å²) in [6.45, 7) is 1.83. The Morgan fingerprint density at radius 2 is 2.38 bits per heavy atom. The number of rotatable bonds is 4. The second-order valence-electron chi connectivity index (χ2n) is 3.13. The molecule has 6 nitrogen and oxygen atoms in total. The lowest BCUT2D eigenvalue weighted by Gasteiger charge is -2.08. The molecule has 2 aromatic heterocycles. The SMILES string of the molecule is CC[C@@H](Sc1ncnc2nc[nH]c12)C(=O)O. The van der Waals surface area contributed by atoms with E-state index >= 15 is 0 Å². The molecule has 2 heterocycles. The van der Waals surface area contributed by atoms with Crippen molar-refractivity contribution in [1.82, 2.24) is 19.9 Å². The van der Waals surface area contributed by atoms with Crippen molar-refractivity contribution in [2.45, 2.75) is 23.6 Å². The Bertz CT molecular complexity index is 513. The highest BCUT2D eigenvalue weighted by Gasteiger charge is 2.19. The fourth-order valence-corrected chi connectivity index (χ4v) is 2.19. The molecule has 0 bridgehead atoms. The third-order valence-electron chi connectivity index (χ3n) is 2.09. The summed E-state index contributed by atoms with van der Waals surface area (Å²) in [5.41, 5.74) is 1.24. The number of aromatic amines is 1. The zero-order chi connectivity index (χ0) is 11.5. The van der Waals surface area contributed by atoms with Crippen LogP contribution in [0.25, 0.3) is 11.2 Å². The van der Waals surface area contributed by atoms with Crippen LogP contribution in [0.4, 0.5) is 0 Å². The van der Waals surface area contributed by atoms with E-state index in [0.717, 1.165) is 0 Å². The van der Waals surface area contributed by atoms with Gasteiger partial charge in [-0.1, -0.05) is 18.7 Å². The lowest BCUT2D eigenvalue weighted by atomic mass is 10.3. The van der Waals surface area contributed by atoms with Crippen LogP contribution < -0.4 is 0 Å². The molecular formula is C9H10N4O2S. The maximum Gasteiger partial charge on any atom is 0.317 e. The lowest BCUT2D eigenvalue weighted by Crippen LogP contribution is -2.15. The van der Waals surface area contributed by atoms with Crippen LogP contribution in [0.1, 0.15) is 13.3 Å². The van der Waals surface area contributed by atoms with Crippen molar-refractivity contribution in [2.75, 3.05) is 0 Å². The molecule has 0 spiro atoms. The molecule has 84 valence electrons. The average Bonchev–Trinajstić information content (AvgIpc) is 2.73. The number of nitrogens with one attached hydrogen (secondary N) is 1. The average molecular weight is 238 g/mol. The van der Waals surface area contributed by atoms with Gasteiger partial charge in [-0.15, -0.1) is 0 Å². The van der Waals surface area contributed by atoms with Crippen LogP contribution in [0.5, 0.6) is 0 Å². The van der Waals surface area contributed by atoms with E-state index in [4.69, 9.17) is 5.11 Å². The van der Waals surface area contributed by atoms with Crippen molar-refractivity contribution in [2.24, 2.45) is 0 Å². The Labute approximate surface area is 95.5 Å². The molecular weight excluding hydrogens is 228 g/mol. The minimum absolute atomic E-state index is 0.499. The summed E-state index contributed by atoms with van der Waals surface area (Å²) in [6, 6.07) is 0. The van der Waals surface area contributed by atoms with E-state index < -0.39 is 11.2 Å². The minimum atomic E-state index is -0.834. The molecule has 1 atom stereocenters. The minimum Gasteiger partial charge on any atom is -0.480 e. The van der Waals surface area contributed by atoms with Gasteiger partial charge in [0.05, 0.1) is 6.33 Å². The van der Waals surface area contributed by atoms with Crippen LogP contribution in [-0.4, -0.2) is 36.3 Å². The van der Waals surface area contributed by atoms with Crippen LogP contribution in [0.3, 0.4) is 0 Å². The summed E-state index contributed by atoms with van der Waals surface area (Å²) < 4.78 is 0. The quantitative estimate of drug-likeness (QED) is 0.616. The third kappa shape index (κ3) is 1.99. The molecule has 0 aliphatic carbocycles. The van der Waals surface area contributed by atoms with E-state index in [0.29, 0.717) is 22.6 Å². The predicted molar refractivity (Wildman–Crippen MR) is 59.3 cm³/mol. The van der Waals surface area contributed by atoms with Gasteiger partial charge in [-0.05, 0) is 6.42 Å². The molecule has 0 unspecified atom stereocenters. The molecule has 0 fully saturated rings. The molecule has 0 saturated carbocycles. The molecule has 0 radical (unpaired) electrons. The van der Waals surface area contributed by atoms with Crippen LogP contribution >= 0.6 is 11.8 Å². The molecule has 0 aliphatic heterocycles. The van der Waals surface area contributed by atoms with E-state index in [1.807, 2.05) is 6.92 Å². The van der Waals surface area contributed by atoms with Gasteiger partial charge in [0, 0.05) is 0 Å². The van der Waals surface area contributed by atoms with Crippen LogP contribution in [0, 0.1) is 0 Å². The number of thioether (sulfide) groups is 1. The molecule has 0 amide bonds. The van der Waals surface area contributed by atoms with Crippen molar-refractivity contribution in [3.8, 4) is 0 Å². The molecule has 2 aromatic rings. The van der Waals surface area contributed by atoms with Gasteiger partial charge in [0.2, 0.25) is 0 Å². The van der Waals surface area contributed by atoms with Gasteiger partial charge in [0.1, 0.15) is 22.1 Å². The summed E-state index contributed by atoms with van der Waals surface area (Å²) >= 11 is 1.21. The number of aliphatic carboxylic acids is 1. The number of carboxylic acids is 1. The number of imidazole rings is 1. The predicted octanol–water partition coefficient (Wildman–Crippen LogP) is 1.31. The first-order chi connectivity index (χ1) is 7.72. The standard InChI is InChI=1S/C9H10N4O2S/c1-2-5(9(14)15)16-8-6-7(11-3-10-6)12-4-13-8/h3-5H,2H2,1H3,(H,14,15)(H,10,11,12,13)/t5-/m1/s1. The smallest absolute Gasteiger partial charge is 0.317 e. The van der Waals surface area contributed by atoms with Gasteiger partial charge in [-0.25, -0.2) is 15.0 Å². The van der Waals surface area contributed by atoms with Crippen molar-refractivity contribution in [1.29, 1.82) is 0 Å². The van der Waals surface area contributed by atoms with Crippen molar-refractivity contribution in [3.05, 3.63) is 12.7 Å². The third-order valence-corrected chi connectivity index (χ3v) is 3.44. The largest absolute Gasteiger partial charge is 0.480 e. The Morgan fingerprint density at radius 1 is 1.56 bits per heavy atom. The highest BCUT2D eigenvalue weighted by Crippen LogP contribution is 2.27. The molecule has 7 heteroatoms. The Kier molecular flexibility index (Phi) is 3.04. The first-order valence-corrected chi connectivity index (χ1v) is 5.64. The van der Waals surface area contributed by atoms with Gasteiger partial charge in [-0.3, -0.25) is 4.79 Å². The number of fused-ring (bicyclic) bond motifs is 1. The van der Waals surface area contributed by atoms with Crippen LogP contribution in [0.15, 0.2) is 17.7 Å². The first kappa shape index (κ1) is 10.9. The lowest BCUT2D eigenvalue weighted by molar-refractivity contribution is -0.136. The Balaban J connectivity index is 2.33. The molecule has 0 aliphatic rings. The Morgan fingerprint density at radius 3 is 3.06 bits per heavy atom. The summed E-state index contributed by atoms with van der Waals surface area (Å²) in [5.74, 6) is -0.834. The second-order valence-corrected chi connectivity index (χ2v) is 4.32. The topological polar surface area (TPSA) is 91.8 Å². The highest BCUT2D eigenvalue weighted by molar-refractivity contribution is 8.00. The van der Waals surface area contributed by atoms with E-state index in [9.17, 15) is 4.79 Å². The fourth-order valence-electron chi connectivity index (χ4n) is 1.28. The summed E-state index contributed by atoms with van der Waals surface area (Å²) in [5, 5.41) is 9.09. The second kappa shape index (κ2) is 4.48. The maximum absolute atomic E-state index is 10.9. The fraction of sp³-hybridized carbons (Fsp3) is 0.333. The van der Waals surface area contributed by atoms with Crippen LogP contribution in [0.2, 0.25) is 0 Å². The van der Waals surface area contributed by atoms with E-state index in [2.05, 4.69) is 19.9 Å². The number of aromatic nitrogens is 4. The van der Waals surface area contributed by atoms with Crippen LogP contribution in [-0.2, 0) is 4.79 Å². The van der Waals surface area contributed by atoms with Gasteiger partial charge >= 0.3 is 5.97 Å². The Hall–Kier alpha value is -1.63. The first-order valence-electron chi connectivity index (χ1n) is 4.76. The number of hydrogen-bond acceptors (Lipinski definition) is 5. The van der Waals surface area contributed by atoms with Crippen molar-refractivity contribution < 1.29 is 9.90 Å². The van der Waals surface area contributed by atoms with Gasteiger partial charge < -0.3 is 10.1 Å². The van der Waals surface area contributed by atoms with Gasteiger partial charge in [0.25, 0.3) is 0 Å². The van der Waals surface area contributed by atoms with E-state index in [1.165, 1.54) is 24.4 Å². The van der Waals surface area contributed by atoms with Gasteiger partial charge in [0.15, 0.2) is 5.65 Å². The van der Waals surface area contributed by atoms with Gasteiger partial charge in [-0.2, -0.15) is 0 Å². The molecule has 2 rings (SSSR count). The molecule has 0 aromatic carbocycles. The van der Waals surface area contributed by atoms with E-state index in [-0.39, 0.29) is 0 Å².